The molecule has 2 heterocycles. The number of nitrogens with zero attached hydrogens (tertiary/aromatic N) is 2. The van der Waals surface area contributed by atoms with Gasteiger partial charge in [-0.3, -0.25) is 9.78 Å². The Bertz CT molecular complexity index is 1340. The standard InChI is InChI=1S/C25H26N4O3S/c1-29(2)13-11-18-4-3-5-22(14-18)33(31,32)21-8-6-19(7-9-21)16-27-25(30)24-15-20-17-26-12-10-23(20)28-24/h3-10,12,14-15,17,28H,11,13,16H2,1-2H3,(H,27,30). The number of fused-ring (bicyclic) bond motifs is 1. The normalized spacial score (nSPS) is 11.7. The largest absolute Gasteiger partial charge is 0.350 e. The van der Waals surface area contributed by atoms with E-state index < -0.39 is 9.84 Å². The van der Waals surface area contributed by atoms with E-state index in [4.69, 9.17) is 0 Å². The predicted octanol–water partition coefficient (Wildman–Crippen LogP) is 3.43. The summed E-state index contributed by atoms with van der Waals surface area (Å²) in [7, 11) is 0.359. The fourth-order valence-electron chi connectivity index (χ4n) is 3.52. The molecule has 2 aromatic carbocycles. The van der Waals surface area contributed by atoms with E-state index in [0.29, 0.717) is 5.69 Å². The summed E-state index contributed by atoms with van der Waals surface area (Å²) < 4.78 is 26.2. The summed E-state index contributed by atoms with van der Waals surface area (Å²) in [5, 5.41) is 3.72. The quantitative estimate of drug-likeness (QED) is 0.418. The molecule has 7 nitrogen and oxygen atoms in total. The van der Waals surface area contributed by atoms with Crippen LogP contribution in [-0.2, 0) is 22.8 Å². The molecule has 4 rings (SSSR count). The number of hydrogen-bond donors (Lipinski definition) is 2. The van der Waals surface area contributed by atoms with Gasteiger partial charge in [0.25, 0.3) is 5.91 Å². The van der Waals surface area contributed by atoms with Crippen LogP contribution in [-0.4, -0.2) is 49.8 Å². The number of H-pyrrole nitrogens is 1. The lowest BCUT2D eigenvalue weighted by atomic mass is 10.1. The first-order chi connectivity index (χ1) is 15.8. The maximum Gasteiger partial charge on any atom is 0.267 e. The first kappa shape index (κ1) is 22.7. The third-order valence-electron chi connectivity index (χ3n) is 5.41. The van der Waals surface area contributed by atoms with E-state index in [1.54, 1.807) is 60.9 Å². The van der Waals surface area contributed by atoms with Crippen molar-refractivity contribution in [2.75, 3.05) is 20.6 Å². The number of benzene rings is 2. The monoisotopic (exact) mass is 462 g/mol. The molecule has 0 aliphatic heterocycles. The Morgan fingerprint density at radius 2 is 1.79 bits per heavy atom. The minimum atomic E-state index is -3.62. The number of rotatable bonds is 8. The lowest BCUT2D eigenvalue weighted by Crippen LogP contribution is -2.23. The summed E-state index contributed by atoms with van der Waals surface area (Å²) in [6, 6.07) is 17.2. The first-order valence-electron chi connectivity index (χ1n) is 10.6. The Balaban J connectivity index is 1.43. The van der Waals surface area contributed by atoms with Gasteiger partial charge in [0.15, 0.2) is 0 Å². The summed E-state index contributed by atoms with van der Waals surface area (Å²) in [4.78, 5) is 22.2. The SMILES string of the molecule is CN(C)CCc1cccc(S(=O)(=O)c2ccc(CNC(=O)c3cc4cnccc4[nH]3)cc2)c1. The van der Waals surface area contributed by atoms with Crippen molar-refractivity contribution in [1.82, 2.24) is 20.2 Å². The fourth-order valence-corrected chi connectivity index (χ4v) is 4.85. The topological polar surface area (TPSA) is 95.2 Å². The molecule has 2 aromatic heterocycles. The second kappa shape index (κ2) is 9.56. The average Bonchev–Trinajstić information content (AvgIpc) is 3.26. The fraction of sp³-hybridized carbons (Fsp3) is 0.200. The van der Waals surface area contributed by atoms with Crippen molar-refractivity contribution in [1.29, 1.82) is 0 Å². The van der Waals surface area contributed by atoms with Crippen LogP contribution in [0.4, 0.5) is 0 Å². The zero-order valence-electron chi connectivity index (χ0n) is 18.6. The molecule has 0 aliphatic carbocycles. The molecule has 0 saturated carbocycles. The van der Waals surface area contributed by atoms with E-state index in [9.17, 15) is 13.2 Å². The van der Waals surface area contributed by atoms with Crippen molar-refractivity contribution in [3.8, 4) is 0 Å². The van der Waals surface area contributed by atoms with Crippen LogP contribution < -0.4 is 5.32 Å². The predicted molar refractivity (Wildman–Crippen MR) is 128 cm³/mol. The van der Waals surface area contributed by atoms with Crippen molar-refractivity contribution in [2.24, 2.45) is 0 Å². The molecular weight excluding hydrogens is 436 g/mol. The average molecular weight is 463 g/mol. The second-order valence-corrected chi connectivity index (χ2v) is 10.1. The molecule has 0 atom stereocenters. The third kappa shape index (κ3) is 5.30. The summed E-state index contributed by atoms with van der Waals surface area (Å²) in [5.74, 6) is -0.238. The Morgan fingerprint density at radius 3 is 2.52 bits per heavy atom. The van der Waals surface area contributed by atoms with E-state index in [0.717, 1.165) is 35.0 Å². The number of hydrogen-bond acceptors (Lipinski definition) is 5. The van der Waals surface area contributed by atoms with Gasteiger partial charge in [-0.1, -0.05) is 24.3 Å². The van der Waals surface area contributed by atoms with Gasteiger partial charge >= 0.3 is 0 Å². The van der Waals surface area contributed by atoms with Crippen molar-refractivity contribution >= 4 is 26.6 Å². The van der Waals surface area contributed by atoms with Crippen LogP contribution in [0.3, 0.4) is 0 Å². The molecule has 1 amide bonds. The molecule has 0 spiro atoms. The highest BCUT2D eigenvalue weighted by molar-refractivity contribution is 7.91. The van der Waals surface area contributed by atoms with Gasteiger partial charge < -0.3 is 15.2 Å². The summed E-state index contributed by atoms with van der Waals surface area (Å²) in [6.07, 6.45) is 4.14. The Hall–Kier alpha value is -3.49. The molecule has 0 radical (unpaired) electrons. The van der Waals surface area contributed by atoms with E-state index >= 15 is 0 Å². The van der Waals surface area contributed by atoms with Crippen LogP contribution in [0.15, 0.2) is 82.8 Å². The molecule has 4 aromatic rings. The van der Waals surface area contributed by atoms with Crippen LogP contribution in [0.5, 0.6) is 0 Å². The number of nitrogens with one attached hydrogen (secondary N) is 2. The number of carbonyl (C=O) groups is 1. The maximum absolute atomic E-state index is 13.1. The molecule has 170 valence electrons. The summed E-state index contributed by atoms with van der Waals surface area (Å²) in [5.41, 5.74) is 3.08. The molecule has 2 N–H and O–H groups in total. The van der Waals surface area contributed by atoms with Gasteiger partial charge in [0, 0.05) is 36.4 Å². The number of pyridine rings is 1. The second-order valence-electron chi connectivity index (χ2n) is 8.18. The minimum absolute atomic E-state index is 0.227. The van der Waals surface area contributed by atoms with Crippen LogP contribution in [0.25, 0.3) is 10.9 Å². The number of carbonyl (C=O) groups excluding carboxylic acids is 1. The molecular formula is C25H26N4O3S. The van der Waals surface area contributed by atoms with Gasteiger partial charge in [0.1, 0.15) is 5.69 Å². The van der Waals surface area contributed by atoms with Crippen LogP contribution in [0, 0.1) is 0 Å². The maximum atomic E-state index is 13.1. The Kier molecular flexibility index (Phi) is 6.57. The van der Waals surface area contributed by atoms with Crippen molar-refractivity contribution in [3.05, 3.63) is 89.9 Å². The lowest BCUT2D eigenvalue weighted by Gasteiger charge is -2.11. The molecule has 0 saturated heterocycles. The van der Waals surface area contributed by atoms with Gasteiger partial charge in [0.2, 0.25) is 9.84 Å². The Morgan fingerprint density at radius 1 is 1.00 bits per heavy atom. The molecule has 8 heteroatoms. The zero-order chi connectivity index (χ0) is 23.4. The lowest BCUT2D eigenvalue weighted by molar-refractivity contribution is 0.0946. The first-order valence-corrected chi connectivity index (χ1v) is 12.1. The Labute approximate surface area is 193 Å². The van der Waals surface area contributed by atoms with Crippen molar-refractivity contribution in [3.63, 3.8) is 0 Å². The molecule has 0 fully saturated rings. The molecule has 0 aliphatic rings. The summed E-state index contributed by atoms with van der Waals surface area (Å²) in [6.45, 7) is 1.13. The summed E-state index contributed by atoms with van der Waals surface area (Å²) >= 11 is 0. The van der Waals surface area contributed by atoms with Gasteiger partial charge in [-0.05, 0) is 68.0 Å². The van der Waals surface area contributed by atoms with E-state index in [2.05, 4.69) is 20.2 Å². The number of amides is 1. The smallest absolute Gasteiger partial charge is 0.267 e. The highest BCUT2D eigenvalue weighted by atomic mass is 32.2. The van der Waals surface area contributed by atoms with Crippen LogP contribution in [0.1, 0.15) is 21.6 Å². The highest BCUT2D eigenvalue weighted by Gasteiger charge is 2.18. The number of likely N-dealkylation sites (N-methyl/N-ethyl adjacent to an activating group) is 1. The van der Waals surface area contributed by atoms with Gasteiger partial charge in [-0.2, -0.15) is 0 Å². The number of sulfone groups is 1. The van der Waals surface area contributed by atoms with Crippen LogP contribution >= 0.6 is 0 Å². The molecule has 33 heavy (non-hydrogen) atoms. The van der Waals surface area contributed by atoms with E-state index in [1.807, 2.05) is 26.2 Å². The zero-order valence-corrected chi connectivity index (χ0v) is 19.4. The van der Waals surface area contributed by atoms with Gasteiger partial charge in [-0.15, -0.1) is 0 Å². The molecule has 0 unspecified atom stereocenters. The highest BCUT2D eigenvalue weighted by Crippen LogP contribution is 2.22. The van der Waals surface area contributed by atoms with Gasteiger partial charge in [-0.25, -0.2) is 8.42 Å². The van der Waals surface area contributed by atoms with Gasteiger partial charge in [0.05, 0.1) is 9.79 Å². The number of aromatic nitrogens is 2. The van der Waals surface area contributed by atoms with Crippen molar-refractivity contribution in [2.45, 2.75) is 22.8 Å². The minimum Gasteiger partial charge on any atom is -0.350 e. The number of aromatic amines is 1. The van der Waals surface area contributed by atoms with Crippen LogP contribution in [0.2, 0.25) is 0 Å². The van der Waals surface area contributed by atoms with E-state index in [-0.39, 0.29) is 22.2 Å². The van der Waals surface area contributed by atoms with Crippen molar-refractivity contribution < 1.29 is 13.2 Å². The third-order valence-corrected chi connectivity index (χ3v) is 7.18. The molecule has 0 bridgehead atoms. The van der Waals surface area contributed by atoms with E-state index in [1.165, 1.54) is 0 Å².